The van der Waals surface area contributed by atoms with Gasteiger partial charge in [0.05, 0.1) is 23.1 Å². The highest BCUT2D eigenvalue weighted by molar-refractivity contribution is 5.95. The number of nitrogens with one attached hydrogen (secondary N) is 2. The van der Waals surface area contributed by atoms with Gasteiger partial charge in [0.25, 0.3) is 0 Å². The molecule has 0 radical (unpaired) electrons. The van der Waals surface area contributed by atoms with E-state index < -0.39 is 34.4 Å². The van der Waals surface area contributed by atoms with E-state index in [1.165, 1.54) is 6.07 Å². The van der Waals surface area contributed by atoms with Crippen LogP contribution in [0.2, 0.25) is 0 Å². The Bertz CT molecular complexity index is 756. The van der Waals surface area contributed by atoms with E-state index in [9.17, 15) is 24.8 Å². The van der Waals surface area contributed by atoms with Gasteiger partial charge in [-0.05, 0) is 24.5 Å². The molecule has 3 N–H and O–H groups in total. The highest BCUT2D eigenvalue weighted by atomic mass is 16.6. The first-order valence-electron chi connectivity index (χ1n) is 7.63. The van der Waals surface area contributed by atoms with Crippen LogP contribution in [0.4, 0.5) is 10.5 Å². The summed E-state index contributed by atoms with van der Waals surface area (Å²) in [4.78, 5) is 34.5. The first kappa shape index (κ1) is 18.2. The summed E-state index contributed by atoms with van der Waals surface area (Å²) < 4.78 is 5.23. The lowest BCUT2D eigenvalue weighted by Crippen LogP contribution is -2.45. The molecule has 25 heavy (non-hydrogen) atoms. The molecular formula is C16H19N3O6. The number of aromatic hydroxyl groups is 1. The fourth-order valence-corrected chi connectivity index (χ4v) is 2.40. The number of amides is 2. The summed E-state index contributed by atoms with van der Waals surface area (Å²) in [6.07, 6.45) is 0. The Kier molecular flexibility index (Phi) is 5.26. The second kappa shape index (κ2) is 7.20. The predicted octanol–water partition coefficient (Wildman–Crippen LogP) is 2.13. The summed E-state index contributed by atoms with van der Waals surface area (Å²) in [5.41, 5.74) is 0.228. The van der Waals surface area contributed by atoms with E-state index in [4.69, 9.17) is 4.74 Å². The zero-order valence-electron chi connectivity index (χ0n) is 14.0. The molecule has 0 aromatic heterocycles. The first-order valence-corrected chi connectivity index (χ1v) is 7.63. The number of ether oxygens (including phenoxy) is 1. The van der Waals surface area contributed by atoms with Crippen molar-refractivity contribution in [1.82, 2.24) is 10.6 Å². The number of hydrogen-bond donors (Lipinski definition) is 3. The molecule has 2 rings (SSSR count). The van der Waals surface area contributed by atoms with Gasteiger partial charge >= 0.3 is 17.7 Å². The Hall–Kier alpha value is -3.10. The van der Waals surface area contributed by atoms with Gasteiger partial charge in [-0.2, -0.15) is 0 Å². The molecule has 134 valence electrons. The Morgan fingerprint density at radius 3 is 2.72 bits per heavy atom. The van der Waals surface area contributed by atoms with Crippen LogP contribution in [0, 0.1) is 16.0 Å². The highest BCUT2D eigenvalue weighted by Crippen LogP contribution is 2.33. The zero-order valence-corrected chi connectivity index (χ0v) is 14.0. The van der Waals surface area contributed by atoms with Crippen LogP contribution in [0.5, 0.6) is 5.75 Å². The average molecular weight is 349 g/mol. The predicted molar refractivity (Wildman–Crippen MR) is 87.7 cm³/mol. The van der Waals surface area contributed by atoms with Crippen LogP contribution in [0.3, 0.4) is 0 Å². The summed E-state index contributed by atoms with van der Waals surface area (Å²) in [5.74, 6) is -0.998. The van der Waals surface area contributed by atoms with Crippen LogP contribution >= 0.6 is 0 Å². The van der Waals surface area contributed by atoms with Crippen LogP contribution in [0.1, 0.15) is 32.4 Å². The van der Waals surface area contributed by atoms with E-state index in [0.717, 1.165) is 12.1 Å². The maximum atomic E-state index is 12.4. The van der Waals surface area contributed by atoms with E-state index in [0.29, 0.717) is 5.70 Å². The van der Waals surface area contributed by atoms with Crippen molar-refractivity contribution in [3.8, 4) is 5.75 Å². The van der Waals surface area contributed by atoms with E-state index in [1.807, 2.05) is 13.8 Å². The smallest absolute Gasteiger partial charge is 0.338 e. The fraction of sp³-hybridized carbons (Fsp3) is 0.375. The number of esters is 1. The van der Waals surface area contributed by atoms with E-state index in [1.54, 1.807) is 6.92 Å². The quantitative estimate of drug-likeness (QED) is 0.424. The fourth-order valence-electron chi connectivity index (χ4n) is 2.40. The lowest BCUT2D eigenvalue weighted by atomic mass is 9.95. The first-order chi connectivity index (χ1) is 11.7. The molecule has 0 spiro atoms. The summed E-state index contributed by atoms with van der Waals surface area (Å²) >= 11 is 0. The molecule has 1 atom stereocenters. The van der Waals surface area contributed by atoms with Gasteiger partial charge < -0.3 is 20.5 Å². The molecule has 9 nitrogen and oxygen atoms in total. The van der Waals surface area contributed by atoms with Crippen molar-refractivity contribution >= 4 is 17.7 Å². The summed E-state index contributed by atoms with van der Waals surface area (Å²) in [6, 6.07) is 2.20. The maximum absolute atomic E-state index is 12.4. The second-order valence-electron chi connectivity index (χ2n) is 6.07. The highest BCUT2D eigenvalue weighted by Gasteiger charge is 2.33. The van der Waals surface area contributed by atoms with Gasteiger partial charge in [-0.15, -0.1) is 0 Å². The maximum Gasteiger partial charge on any atom is 0.338 e. The number of phenolic OH excluding ortho intramolecular Hbond substituents is 1. The number of rotatable bonds is 5. The molecule has 0 unspecified atom stereocenters. The largest absolute Gasteiger partial charge is 0.502 e. The van der Waals surface area contributed by atoms with Gasteiger partial charge in [0.15, 0.2) is 5.75 Å². The third-order valence-electron chi connectivity index (χ3n) is 3.57. The van der Waals surface area contributed by atoms with Crippen molar-refractivity contribution in [2.45, 2.75) is 26.8 Å². The van der Waals surface area contributed by atoms with Crippen molar-refractivity contribution in [1.29, 1.82) is 0 Å². The monoisotopic (exact) mass is 349 g/mol. The number of nitro groups is 1. The molecule has 0 bridgehead atoms. The Balaban J connectivity index is 2.44. The topological polar surface area (TPSA) is 131 Å². The molecule has 1 aromatic rings. The number of allylic oxidation sites excluding steroid dienone is 1. The number of nitrogens with zero attached hydrogens (tertiary/aromatic N) is 1. The Morgan fingerprint density at radius 1 is 1.44 bits per heavy atom. The SMILES string of the molecule is CC1=C(C(=O)OCC(C)C)[C@H](c2ccc(O)c([N+](=O)[O-])c2)NC(=O)N1. The molecule has 1 heterocycles. The number of carbonyl (C=O) groups is 2. The lowest BCUT2D eigenvalue weighted by Gasteiger charge is -2.28. The molecule has 0 saturated carbocycles. The third-order valence-corrected chi connectivity index (χ3v) is 3.57. The summed E-state index contributed by atoms with van der Waals surface area (Å²) in [6.45, 7) is 5.52. The van der Waals surface area contributed by atoms with Gasteiger partial charge in [0, 0.05) is 11.8 Å². The van der Waals surface area contributed by atoms with Gasteiger partial charge in [0.1, 0.15) is 0 Å². The van der Waals surface area contributed by atoms with Crippen molar-refractivity contribution in [3.63, 3.8) is 0 Å². The van der Waals surface area contributed by atoms with Crippen molar-refractivity contribution < 1.29 is 24.4 Å². The number of carbonyl (C=O) groups excluding carboxylic acids is 2. The minimum atomic E-state index is -0.923. The molecular weight excluding hydrogens is 330 g/mol. The van der Waals surface area contributed by atoms with Crippen LogP contribution in [-0.4, -0.2) is 28.6 Å². The number of urea groups is 1. The number of hydrogen-bond acceptors (Lipinski definition) is 6. The standard InChI is InChI=1S/C16H19N3O6/c1-8(2)7-25-15(21)13-9(3)17-16(22)18-14(13)10-4-5-12(20)11(6-10)19(23)24/h4-6,8,14,20H,7H2,1-3H3,(H2,17,18,22)/t14-/m0/s1. The molecule has 1 aromatic carbocycles. The van der Waals surface area contributed by atoms with Crippen molar-refractivity contribution in [2.24, 2.45) is 5.92 Å². The Morgan fingerprint density at radius 2 is 2.12 bits per heavy atom. The second-order valence-corrected chi connectivity index (χ2v) is 6.07. The van der Waals surface area contributed by atoms with Crippen LogP contribution in [0.15, 0.2) is 29.5 Å². The van der Waals surface area contributed by atoms with E-state index in [2.05, 4.69) is 10.6 Å². The molecule has 0 saturated heterocycles. The number of phenols is 1. The molecule has 1 aliphatic rings. The van der Waals surface area contributed by atoms with E-state index in [-0.39, 0.29) is 23.7 Å². The van der Waals surface area contributed by atoms with E-state index >= 15 is 0 Å². The number of benzene rings is 1. The zero-order chi connectivity index (χ0) is 18.7. The molecule has 0 aliphatic carbocycles. The van der Waals surface area contributed by atoms with Gasteiger partial charge in [-0.1, -0.05) is 19.9 Å². The molecule has 9 heteroatoms. The molecule has 2 amide bonds. The van der Waals surface area contributed by atoms with Crippen molar-refractivity contribution in [3.05, 3.63) is 45.1 Å². The van der Waals surface area contributed by atoms with Crippen molar-refractivity contribution in [2.75, 3.05) is 6.61 Å². The normalized spacial score (nSPS) is 17.1. The summed E-state index contributed by atoms with van der Waals surface area (Å²) in [5, 5.41) is 25.6. The third kappa shape index (κ3) is 4.06. The van der Waals surface area contributed by atoms with Gasteiger partial charge in [-0.25, -0.2) is 9.59 Å². The molecule has 1 aliphatic heterocycles. The summed E-state index contributed by atoms with van der Waals surface area (Å²) in [7, 11) is 0. The Labute approximate surface area is 143 Å². The van der Waals surface area contributed by atoms with Gasteiger partial charge in [-0.3, -0.25) is 10.1 Å². The van der Waals surface area contributed by atoms with Crippen LogP contribution < -0.4 is 10.6 Å². The average Bonchev–Trinajstić information content (AvgIpc) is 2.52. The number of nitro benzene ring substituents is 1. The lowest BCUT2D eigenvalue weighted by molar-refractivity contribution is -0.385. The minimum absolute atomic E-state index is 0.129. The van der Waals surface area contributed by atoms with Crippen LogP contribution in [0.25, 0.3) is 0 Å². The van der Waals surface area contributed by atoms with Gasteiger partial charge in [0.2, 0.25) is 0 Å². The minimum Gasteiger partial charge on any atom is -0.502 e. The molecule has 0 fully saturated rings. The van der Waals surface area contributed by atoms with Crippen LogP contribution in [-0.2, 0) is 9.53 Å².